The van der Waals surface area contributed by atoms with Gasteiger partial charge in [0.05, 0.1) is 6.61 Å². The molecule has 1 atom stereocenters. The molecule has 0 radical (unpaired) electrons. The van der Waals surface area contributed by atoms with E-state index < -0.39 is 32.5 Å². The number of phosphoric acid groups is 1. The van der Waals surface area contributed by atoms with Crippen molar-refractivity contribution in [1.29, 1.82) is 0 Å². The molecule has 2 N–H and O–H groups in total. The first-order valence-electron chi connectivity index (χ1n) is 21.6. The van der Waals surface area contributed by atoms with E-state index in [1.54, 1.807) is 0 Å². The van der Waals surface area contributed by atoms with Gasteiger partial charge in [-0.3, -0.25) is 14.1 Å². The number of carbonyl (C=O) groups excluding carboxylic acids is 2. The average Bonchev–Trinajstić information content (AvgIpc) is 3.14. The SMILES string of the molecule is CC/C=C/C/C=C/C/C=C/C/C=C/C/C=C/CCCCCC(=O)O[C@H](COC(=O)CCCCCCCCCCCCCCCCCCC)COP(=O)(O)O. The van der Waals surface area contributed by atoms with Crippen LogP contribution in [0.4, 0.5) is 0 Å². The third-order valence-electron chi connectivity index (χ3n) is 9.05. The van der Waals surface area contributed by atoms with Gasteiger partial charge in [-0.05, 0) is 57.8 Å². The van der Waals surface area contributed by atoms with Gasteiger partial charge in [-0.15, -0.1) is 0 Å². The lowest BCUT2D eigenvalue weighted by Gasteiger charge is -2.18. The summed E-state index contributed by atoms with van der Waals surface area (Å²) in [5.41, 5.74) is 0. The number of esters is 2. The Morgan fingerprint density at radius 3 is 1.33 bits per heavy atom. The monoisotopic (exact) mass is 779 g/mol. The number of carbonyl (C=O) groups is 2. The highest BCUT2D eigenvalue weighted by Crippen LogP contribution is 2.36. The Bertz CT molecular complexity index is 1060. The minimum Gasteiger partial charge on any atom is -0.462 e. The van der Waals surface area contributed by atoms with E-state index in [2.05, 4.69) is 79.1 Å². The van der Waals surface area contributed by atoms with E-state index in [0.29, 0.717) is 6.42 Å². The zero-order valence-electron chi connectivity index (χ0n) is 34.4. The predicted octanol–water partition coefficient (Wildman–Crippen LogP) is 13.3. The standard InChI is InChI=1S/C45H79O8P/c1-3-5-7-9-11-13-15-17-19-21-22-24-26-28-30-32-34-36-38-40-45(47)53-43(42-52-54(48,49)50)41-51-44(46)39-37-35-33-31-29-27-25-23-20-18-16-14-12-10-8-6-4-2/h5,7,11,13,17,19,22,24,28,30,43H,3-4,6,8-10,12,14-16,18,20-21,23,25-27,29,31-42H2,1-2H3,(H2,48,49,50)/b7-5+,13-11+,19-17+,24-22+,30-28+/t43-/m1/s1. The predicted molar refractivity (Wildman–Crippen MR) is 225 cm³/mol. The average molecular weight is 779 g/mol. The summed E-state index contributed by atoms with van der Waals surface area (Å²) in [6, 6.07) is 0. The number of hydrogen-bond donors (Lipinski definition) is 2. The number of unbranched alkanes of at least 4 members (excludes halogenated alkanes) is 19. The summed E-state index contributed by atoms with van der Waals surface area (Å²) in [6.07, 6.45) is 50.8. The molecule has 54 heavy (non-hydrogen) atoms. The Labute approximate surface area is 330 Å². The van der Waals surface area contributed by atoms with Gasteiger partial charge in [-0.1, -0.05) is 184 Å². The molecule has 0 unspecified atom stereocenters. The van der Waals surface area contributed by atoms with Gasteiger partial charge in [-0.2, -0.15) is 0 Å². The summed E-state index contributed by atoms with van der Waals surface area (Å²) in [7, 11) is -4.77. The molecule has 9 heteroatoms. The van der Waals surface area contributed by atoms with E-state index >= 15 is 0 Å². The fraction of sp³-hybridized carbons (Fsp3) is 0.733. The molecule has 0 saturated heterocycles. The Morgan fingerprint density at radius 1 is 0.500 bits per heavy atom. The maximum absolute atomic E-state index is 12.4. The third kappa shape index (κ3) is 42.5. The highest BCUT2D eigenvalue weighted by molar-refractivity contribution is 7.46. The number of phosphoric ester groups is 1. The highest BCUT2D eigenvalue weighted by Gasteiger charge is 2.22. The zero-order valence-corrected chi connectivity index (χ0v) is 35.2. The first-order valence-corrected chi connectivity index (χ1v) is 23.1. The summed E-state index contributed by atoms with van der Waals surface area (Å²) in [6.45, 7) is 3.56. The Balaban J connectivity index is 3.97. The molecule has 0 aromatic heterocycles. The molecule has 0 bridgehead atoms. The summed E-state index contributed by atoms with van der Waals surface area (Å²) < 4.78 is 26.4. The quantitative estimate of drug-likeness (QED) is 0.0274. The van der Waals surface area contributed by atoms with Crippen LogP contribution in [0.15, 0.2) is 60.8 Å². The minimum absolute atomic E-state index is 0.172. The van der Waals surface area contributed by atoms with Crippen LogP contribution < -0.4 is 0 Å². The molecule has 0 saturated carbocycles. The molecule has 312 valence electrons. The van der Waals surface area contributed by atoms with Crippen molar-refractivity contribution in [3.05, 3.63) is 60.8 Å². The first-order chi connectivity index (χ1) is 26.3. The number of rotatable bonds is 39. The van der Waals surface area contributed by atoms with Gasteiger partial charge in [0.1, 0.15) is 6.61 Å². The Hall–Kier alpha value is -2.25. The first kappa shape index (κ1) is 51.8. The second kappa shape index (κ2) is 40.4. The minimum atomic E-state index is -4.77. The lowest BCUT2D eigenvalue weighted by molar-refractivity contribution is -0.161. The van der Waals surface area contributed by atoms with Crippen molar-refractivity contribution >= 4 is 19.8 Å². The van der Waals surface area contributed by atoms with Crippen LogP contribution in [0.25, 0.3) is 0 Å². The van der Waals surface area contributed by atoms with Crippen LogP contribution in [0.3, 0.4) is 0 Å². The number of allylic oxidation sites excluding steroid dienone is 10. The van der Waals surface area contributed by atoms with Gasteiger partial charge in [0.15, 0.2) is 6.10 Å². The zero-order chi connectivity index (χ0) is 39.6. The molecule has 0 rings (SSSR count). The molecule has 0 aromatic rings. The van der Waals surface area contributed by atoms with Crippen molar-refractivity contribution in [2.24, 2.45) is 0 Å². The lowest BCUT2D eigenvalue weighted by Crippen LogP contribution is -2.29. The van der Waals surface area contributed by atoms with E-state index in [9.17, 15) is 14.2 Å². The fourth-order valence-corrected chi connectivity index (χ4v) is 6.23. The van der Waals surface area contributed by atoms with Crippen molar-refractivity contribution in [1.82, 2.24) is 0 Å². The van der Waals surface area contributed by atoms with E-state index in [1.165, 1.54) is 89.9 Å². The van der Waals surface area contributed by atoms with E-state index in [1.807, 2.05) is 0 Å². The molecule has 0 aliphatic heterocycles. The van der Waals surface area contributed by atoms with Crippen molar-refractivity contribution in [2.45, 2.75) is 200 Å². The molecule has 0 fully saturated rings. The molecule has 8 nitrogen and oxygen atoms in total. The Morgan fingerprint density at radius 2 is 0.889 bits per heavy atom. The second-order valence-electron chi connectivity index (χ2n) is 14.3. The van der Waals surface area contributed by atoms with Crippen molar-refractivity contribution in [2.75, 3.05) is 13.2 Å². The molecule has 0 heterocycles. The van der Waals surface area contributed by atoms with Gasteiger partial charge >= 0.3 is 19.8 Å². The van der Waals surface area contributed by atoms with Gasteiger partial charge in [0.25, 0.3) is 0 Å². The maximum Gasteiger partial charge on any atom is 0.469 e. The van der Waals surface area contributed by atoms with E-state index in [4.69, 9.17) is 19.3 Å². The van der Waals surface area contributed by atoms with E-state index in [-0.39, 0.29) is 19.4 Å². The third-order valence-corrected chi connectivity index (χ3v) is 9.54. The highest BCUT2D eigenvalue weighted by atomic mass is 31.2. The normalized spacial score (nSPS) is 13.0. The van der Waals surface area contributed by atoms with Crippen LogP contribution >= 0.6 is 7.82 Å². The lowest BCUT2D eigenvalue weighted by atomic mass is 10.0. The van der Waals surface area contributed by atoms with Crippen LogP contribution in [-0.2, 0) is 28.2 Å². The van der Waals surface area contributed by atoms with E-state index in [0.717, 1.165) is 70.6 Å². The van der Waals surface area contributed by atoms with Crippen LogP contribution in [-0.4, -0.2) is 41.0 Å². The topological polar surface area (TPSA) is 119 Å². The van der Waals surface area contributed by atoms with Gasteiger partial charge in [0, 0.05) is 12.8 Å². The fourth-order valence-electron chi connectivity index (χ4n) is 5.87. The number of ether oxygens (including phenoxy) is 2. The van der Waals surface area contributed by atoms with Crippen molar-refractivity contribution in [3.8, 4) is 0 Å². The molecule has 0 aromatic carbocycles. The maximum atomic E-state index is 12.4. The Kier molecular flexibility index (Phi) is 38.7. The summed E-state index contributed by atoms with van der Waals surface area (Å²) in [5.74, 6) is -0.920. The molecule has 0 spiro atoms. The molecular weight excluding hydrogens is 699 g/mol. The number of hydrogen-bond acceptors (Lipinski definition) is 6. The van der Waals surface area contributed by atoms with Gasteiger partial charge < -0.3 is 19.3 Å². The van der Waals surface area contributed by atoms with Crippen LogP contribution in [0.5, 0.6) is 0 Å². The van der Waals surface area contributed by atoms with Crippen LogP contribution in [0.1, 0.15) is 194 Å². The summed E-state index contributed by atoms with van der Waals surface area (Å²) in [5, 5.41) is 0. The molecular formula is C45H79O8P. The van der Waals surface area contributed by atoms with Gasteiger partial charge in [0.2, 0.25) is 0 Å². The van der Waals surface area contributed by atoms with Crippen molar-refractivity contribution in [3.63, 3.8) is 0 Å². The summed E-state index contributed by atoms with van der Waals surface area (Å²) >= 11 is 0. The smallest absolute Gasteiger partial charge is 0.462 e. The molecule has 0 aliphatic rings. The largest absolute Gasteiger partial charge is 0.469 e. The van der Waals surface area contributed by atoms with Gasteiger partial charge in [-0.25, -0.2) is 4.57 Å². The second-order valence-corrected chi connectivity index (χ2v) is 15.5. The summed E-state index contributed by atoms with van der Waals surface area (Å²) in [4.78, 5) is 42.9. The van der Waals surface area contributed by atoms with Crippen molar-refractivity contribution < 1.29 is 37.9 Å². The molecule has 0 aliphatic carbocycles. The van der Waals surface area contributed by atoms with Crippen LogP contribution in [0.2, 0.25) is 0 Å². The molecule has 0 amide bonds. The van der Waals surface area contributed by atoms with Crippen LogP contribution in [0, 0.1) is 0 Å².